The number of likely N-dealkylation sites (tertiary alicyclic amines) is 1. The van der Waals surface area contributed by atoms with Gasteiger partial charge in [-0.25, -0.2) is 9.69 Å². The minimum Gasteiger partial charge on any atom is -0.338 e. The summed E-state index contributed by atoms with van der Waals surface area (Å²) < 4.78 is 0. The van der Waals surface area contributed by atoms with Crippen LogP contribution in [0.1, 0.15) is 25.7 Å². The van der Waals surface area contributed by atoms with E-state index >= 15 is 0 Å². The number of anilines is 1. The number of nitrogens with one attached hydrogen (secondary N) is 2. The van der Waals surface area contributed by atoms with E-state index in [2.05, 4.69) is 10.6 Å². The molecule has 2 atom stereocenters. The average molecular weight is 379 g/mol. The first kappa shape index (κ1) is 18.7. The second-order valence-corrected chi connectivity index (χ2v) is 7.07. The third kappa shape index (κ3) is 3.83. The summed E-state index contributed by atoms with van der Waals surface area (Å²) in [4.78, 5) is 40.2. The predicted molar refractivity (Wildman–Crippen MR) is 99.2 cm³/mol. The van der Waals surface area contributed by atoms with Crippen molar-refractivity contribution >= 4 is 35.1 Å². The van der Waals surface area contributed by atoms with Crippen molar-refractivity contribution in [3.05, 3.63) is 29.3 Å². The number of likely N-dealkylation sites (N-methyl/N-ethyl adjacent to an activating group) is 1. The number of hydrogen-bond acceptors (Lipinski definition) is 4. The molecule has 0 aliphatic carbocycles. The molecule has 2 N–H and O–H groups in total. The van der Waals surface area contributed by atoms with E-state index in [4.69, 9.17) is 11.6 Å². The van der Waals surface area contributed by atoms with Gasteiger partial charge in [0.2, 0.25) is 5.91 Å². The second-order valence-electron chi connectivity index (χ2n) is 6.63. The summed E-state index contributed by atoms with van der Waals surface area (Å²) >= 11 is 5.85. The Kier molecular flexibility index (Phi) is 5.78. The van der Waals surface area contributed by atoms with E-state index in [0.717, 1.165) is 30.8 Å². The van der Waals surface area contributed by atoms with Crippen molar-refractivity contribution in [3.63, 3.8) is 0 Å². The van der Waals surface area contributed by atoms with E-state index in [0.29, 0.717) is 17.1 Å². The molecule has 140 valence electrons. The molecule has 3 rings (SSSR count). The molecule has 0 radical (unpaired) electrons. The number of carbonyl (C=O) groups is 3. The molecular formula is C18H23ClN4O3. The van der Waals surface area contributed by atoms with Crippen LogP contribution >= 0.6 is 11.6 Å². The fraction of sp³-hybridized carbons (Fsp3) is 0.500. The molecule has 2 unspecified atom stereocenters. The molecule has 0 saturated carbocycles. The first-order valence-electron chi connectivity index (χ1n) is 8.85. The molecule has 4 amide bonds. The van der Waals surface area contributed by atoms with Crippen LogP contribution in [0.25, 0.3) is 0 Å². The number of hydrogen-bond donors (Lipinski definition) is 2. The van der Waals surface area contributed by atoms with Gasteiger partial charge in [0, 0.05) is 30.6 Å². The molecule has 2 aliphatic heterocycles. The SMILES string of the molecule is CNCC1CCCN1C(=O)CCC1NC(=O)N(c2ccc(Cl)cc2)C1=O. The van der Waals surface area contributed by atoms with Gasteiger partial charge in [-0.3, -0.25) is 9.59 Å². The van der Waals surface area contributed by atoms with Gasteiger partial charge in [-0.05, 0) is 50.6 Å². The Labute approximate surface area is 157 Å². The van der Waals surface area contributed by atoms with Crippen molar-refractivity contribution in [3.8, 4) is 0 Å². The van der Waals surface area contributed by atoms with Crippen LogP contribution in [0.2, 0.25) is 5.02 Å². The van der Waals surface area contributed by atoms with Gasteiger partial charge in [-0.15, -0.1) is 0 Å². The second kappa shape index (κ2) is 8.05. The standard InChI is InChI=1S/C18H23ClN4O3/c1-20-11-14-3-2-10-22(14)16(24)9-8-15-17(25)23(18(26)21-15)13-6-4-12(19)5-7-13/h4-7,14-15,20H,2-3,8-11H2,1H3,(H,21,26). The molecule has 0 bridgehead atoms. The van der Waals surface area contributed by atoms with Crippen LogP contribution in [0, 0.1) is 0 Å². The average Bonchev–Trinajstić information content (AvgIpc) is 3.19. The number of halogens is 1. The van der Waals surface area contributed by atoms with Crippen LogP contribution in [0.4, 0.5) is 10.5 Å². The van der Waals surface area contributed by atoms with Crippen molar-refractivity contribution in [2.75, 3.05) is 25.0 Å². The van der Waals surface area contributed by atoms with E-state index in [1.54, 1.807) is 24.3 Å². The molecule has 26 heavy (non-hydrogen) atoms. The largest absolute Gasteiger partial charge is 0.338 e. The van der Waals surface area contributed by atoms with Gasteiger partial charge in [0.15, 0.2) is 0 Å². The molecule has 0 spiro atoms. The summed E-state index contributed by atoms with van der Waals surface area (Å²) in [6.07, 6.45) is 2.54. The Morgan fingerprint density at radius 3 is 2.73 bits per heavy atom. The van der Waals surface area contributed by atoms with Gasteiger partial charge in [-0.2, -0.15) is 0 Å². The number of nitrogens with zero attached hydrogens (tertiary/aromatic N) is 2. The zero-order chi connectivity index (χ0) is 18.7. The van der Waals surface area contributed by atoms with Crippen LogP contribution in [-0.4, -0.2) is 55.0 Å². The van der Waals surface area contributed by atoms with E-state index < -0.39 is 12.1 Å². The number of amides is 4. The van der Waals surface area contributed by atoms with Crippen LogP contribution in [-0.2, 0) is 9.59 Å². The molecule has 1 aromatic rings. The zero-order valence-electron chi connectivity index (χ0n) is 14.7. The van der Waals surface area contributed by atoms with E-state index in [-0.39, 0.29) is 24.3 Å². The summed E-state index contributed by atoms with van der Waals surface area (Å²) in [5, 5.41) is 6.31. The van der Waals surface area contributed by atoms with E-state index in [1.807, 2.05) is 11.9 Å². The van der Waals surface area contributed by atoms with E-state index in [1.165, 1.54) is 0 Å². The van der Waals surface area contributed by atoms with Gasteiger partial charge in [0.05, 0.1) is 5.69 Å². The zero-order valence-corrected chi connectivity index (χ0v) is 15.5. The highest BCUT2D eigenvalue weighted by Gasteiger charge is 2.39. The number of urea groups is 1. The Bertz CT molecular complexity index is 694. The number of carbonyl (C=O) groups excluding carboxylic acids is 3. The lowest BCUT2D eigenvalue weighted by Gasteiger charge is -2.25. The quantitative estimate of drug-likeness (QED) is 0.739. The lowest BCUT2D eigenvalue weighted by molar-refractivity contribution is -0.132. The normalized spacial score (nSPS) is 22.8. The Hall–Kier alpha value is -2.12. The fourth-order valence-electron chi connectivity index (χ4n) is 3.58. The van der Waals surface area contributed by atoms with Gasteiger partial charge in [0.25, 0.3) is 5.91 Å². The molecule has 2 fully saturated rings. The fourth-order valence-corrected chi connectivity index (χ4v) is 3.71. The molecule has 8 heteroatoms. The Morgan fingerprint density at radius 1 is 1.31 bits per heavy atom. The minimum atomic E-state index is -0.674. The minimum absolute atomic E-state index is 0.0368. The van der Waals surface area contributed by atoms with Crippen LogP contribution in [0.5, 0.6) is 0 Å². The lowest BCUT2D eigenvalue weighted by atomic mass is 10.1. The summed E-state index contributed by atoms with van der Waals surface area (Å²) in [6.45, 7) is 1.53. The summed E-state index contributed by atoms with van der Waals surface area (Å²) in [6, 6.07) is 5.58. The number of imide groups is 1. The lowest BCUT2D eigenvalue weighted by Crippen LogP contribution is -2.41. The highest BCUT2D eigenvalue weighted by atomic mass is 35.5. The molecule has 2 saturated heterocycles. The van der Waals surface area contributed by atoms with Crippen molar-refractivity contribution in [1.29, 1.82) is 0 Å². The molecular weight excluding hydrogens is 356 g/mol. The van der Waals surface area contributed by atoms with Gasteiger partial charge < -0.3 is 15.5 Å². The molecule has 7 nitrogen and oxygen atoms in total. The van der Waals surface area contributed by atoms with Crippen molar-refractivity contribution in [2.24, 2.45) is 0 Å². The van der Waals surface area contributed by atoms with Crippen LogP contribution in [0.15, 0.2) is 24.3 Å². The maximum Gasteiger partial charge on any atom is 0.329 e. The van der Waals surface area contributed by atoms with Gasteiger partial charge >= 0.3 is 6.03 Å². The maximum absolute atomic E-state index is 12.6. The van der Waals surface area contributed by atoms with Crippen LogP contribution in [0.3, 0.4) is 0 Å². The molecule has 1 aromatic carbocycles. The van der Waals surface area contributed by atoms with Gasteiger partial charge in [0.1, 0.15) is 6.04 Å². The molecule has 0 aromatic heterocycles. The summed E-state index contributed by atoms with van der Waals surface area (Å²) in [5.74, 6) is -0.298. The maximum atomic E-state index is 12.6. The third-order valence-corrected chi connectivity index (χ3v) is 5.14. The highest BCUT2D eigenvalue weighted by molar-refractivity contribution is 6.30. The number of rotatable bonds is 6. The smallest absolute Gasteiger partial charge is 0.329 e. The molecule has 2 heterocycles. The van der Waals surface area contributed by atoms with Crippen molar-refractivity contribution < 1.29 is 14.4 Å². The van der Waals surface area contributed by atoms with E-state index in [9.17, 15) is 14.4 Å². The first-order valence-corrected chi connectivity index (χ1v) is 9.23. The highest BCUT2D eigenvalue weighted by Crippen LogP contribution is 2.24. The third-order valence-electron chi connectivity index (χ3n) is 4.89. The first-order chi connectivity index (χ1) is 12.5. The Morgan fingerprint density at radius 2 is 2.04 bits per heavy atom. The summed E-state index contributed by atoms with van der Waals surface area (Å²) in [7, 11) is 1.87. The monoisotopic (exact) mass is 378 g/mol. The Balaban J connectivity index is 1.59. The topological polar surface area (TPSA) is 81.8 Å². The number of benzene rings is 1. The molecule has 2 aliphatic rings. The summed E-state index contributed by atoms with van der Waals surface area (Å²) in [5.41, 5.74) is 0.472. The van der Waals surface area contributed by atoms with Crippen molar-refractivity contribution in [2.45, 2.75) is 37.8 Å². The predicted octanol–water partition coefficient (Wildman–Crippen LogP) is 1.76. The van der Waals surface area contributed by atoms with Gasteiger partial charge in [-0.1, -0.05) is 11.6 Å². The van der Waals surface area contributed by atoms with Crippen molar-refractivity contribution in [1.82, 2.24) is 15.5 Å². The van der Waals surface area contributed by atoms with Crippen LogP contribution < -0.4 is 15.5 Å².